The van der Waals surface area contributed by atoms with Crippen molar-refractivity contribution in [3.8, 4) is 0 Å². The van der Waals surface area contributed by atoms with Crippen LogP contribution in [-0.4, -0.2) is 18.7 Å². The summed E-state index contributed by atoms with van der Waals surface area (Å²) in [5.74, 6) is -0.186. The summed E-state index contributed by atoms with van der Waals surface area (Å²) in [6, 6.07) is 7.88. The minimum absolute atomic E-state index is 0.0371. The van der Waals surface area contributed by atoms with Crippen LogP contribution in [0.15, 0.2) is 24.3 Å². The van der Waals surface area contributed by atoms with Gasteiger partial charge in [0, 0.05) is 5.92 Å². The molecule has 3 nitrogen and oxygen atoms in total. The highest BCUT2D eigenvalue weighted by molar-refractivity contribution is 7.85. The molecule has 1 aliphatic carbocycles. The molecular formula is C11H14O3S. The molecule has 1 aromatic carbocycles. The number of hydrogen-bond donors (Lipinski definition) is 1. The van der Waals surface area contributed by atoms with Gasteiger partial charge in [-0.25, -0.2) is 0 Å². The van der Waals surface area contributed by atoms with Crippen LogP contribution in [0.3, 0.4) is 0 Å². The molecule has 82 valence electrons. The van der Waals surface area contributed by atoms with Crippen molar-refractivity contribution in [2.75, 3.05) is 5.75 Å². The second-order valence-corrected chi connectivity index (χ2v) is 5.53. The molecule has 0 spiro atoms. The summed E-state index contributed by atoms with van der Waals surface area (Å²) in [5, 5.41) is 0. The molecule has 0 unspecified atom stereocenters. The van der Waals surface area contributed by atoms with Crippen LogP contribution in [0.25, 0.3) is 0 Å². The third kappa shape index (κ3) is 2.58. The second kappa shape index (κ2) is 3.94. The Kier molecular flexibility index (Phi) is 2.80. The molecule has 0 radical (unpaired) electrons. The fourth-order valence-corrected chi connectivity index (χ4v) is 3.14. The lowest BCUT2D eigenvalue weighted by molar-refractivity contribution is 0.469. The maximum Gasteiger partial charge on any atom is 0.265 e. The van der Waals surface area contributed by atoms with Crippen molar-refractivity contribution < 1.29 is 13.0 Å². The first-order valence-corrected chi connectivity index (χ1v) is 6.70. The van der Waals surface area contributed by atoms with Gasteiger partial charge in [-0.3, -0.25) is 4.55 Å². The lowest BCUT2D eigenvalue weighted by Gasteiger charge is -2.24. The van der Waals surface area contributed by atoms with Gasteiger partial charge in [-0.1, -0.05) is 24.3 Å². The zero-order chi connectivity index (χ0) is 10.9. The largest absolute Gasteiger partial charge is 0.286 e. The van der Waals surface area contributed by atoms with Crippen LogP contribution >= 0.6 is 0 Å². The standard InChI is InChI=1S/C11H14O3S/c12-15(13,14)8-10-6-3-5-9-4-1-2-7-11(9)10/h1-2,4,7,10H,3,5-6,8H2,(H,12,13,14)/t10-/m0/s1. The van der Waals surface area contributed by atoms with Crippen LogP contribution in [0.4, 0.5) is 0 Å². The van der Waals surface area contributed by atoms with Crippen molar-refractivity contribution in [3.05, 3.63) is 35.4 Å². The number of rotatable bonds is 2. The molecule has 0 saturated heterocycles. The van der Waals surface area contributed by atoms with Gasteiger partial charge in [-0.05, 0) is 30.4 Å². The molecular weight excluding hydrogens is 212 g/mol. The van der Waals surface area contributed by atoms with Gasteiger partial charge in [0.15, 0.2) is 0 Å². The highest BCUT2D eigenvalue weighted by Gasteiger charge is 2.23. The highest BCUT2D eigenvalue weighted by Crippen LogP contribution is 2.32. The molecule has 15 heavy (non-hydrogen) atoms. The van der Waals surface area contributed by atoms with Gasteiger partial charge in [-0.15, -0.1) is 0 Å². The molecule has 1 aliphatic rings. The quantitative estimate of drug-likeness (QED) is 0.785. The average molecular weight is 226 g/mol. The molecule has 1 N–H and O–H groups in total. The van der Waals surface area contributed by atoms with Crippen LogP contribution in [0.5, 0.6) is 0 Å². The minimum Gasteiger partial charge on any atom is -0.286 e. The Bertz CT molecular complexity index is 451. The second-order valence-electron chi connectivity index (χ2n) is 4.04. The molecule has 0 aliphatic heterocycles. The molecule has 0 fully saturated rings. The third-order valence-corrected chi connectivity index (χ3v) is 3.73. The monoisotopic (exact) mass is 226 g/mol. The van der Waals surface area contributed by atoms with Gasteiger partial charge in [-0.2, -0.15) is 8.42 Å². The predicted molar refractivity (Wildman–Crippen MR) is 58.5 cm³/mol. The van der Waals surface area contributed by atoms with E-state index in [2.05, 4.69) is 0 Å². The van der Waals surface area contributed by atoms with E-state index in [1.54, 1.807) is 0 Å². The Morgan fingerprint density at radius 1 is 1.33 bits per heavy atom. The SMILES string of the molecule is O=S(=O)(O)C[C@@H]1CCCc2ccccc21. The van der Waals surface area contributed by atoms with E-state index in [-0.39, 0.29) is 11.7 Å². The molecule has 0 saturated carbocycles. The van der Waals surface area contributed by atoms with Crippen LogP contribution in [0.1, 0.15) is 29.9 Å². The maximum absolute atomic E-state index is 10.9. The summed E-state index contributed by atoms with van der Waals surface area (Å²) in [5.41, 5.74) is 2.30. The molecule has 0 aromatic heterocycles. The van der Waals surface area contributed by atoms with Crippen LogP contribution in [0.2, 0.25) is 0 Å². The van der Waals surface area contributed by atoms with Crippen molar-refractivity contribution in [1.82, 2.24) is 0 Å². The topological polar surface area (TPSA) is 54.4 Å². The zero-order valence-electron chi connectivity index (χ0n) is 8.39. The lowest BCUT2D eigenvalue weighted by Crippen LogP contribution is -2.18. The molecule has 2 rings (SSSR count). The van der Waals surface area contributed by atoms with Gasteiger partial charge in [0.05, 0.1) is 5.75 Å². The Balaban J connectivity index is 2.30. The maximum atomic E-state index is 10.9. The normalized spacial score (nSPS) is 21.0. The van der Waals surface area contributed by atoms with Crippen LogP contribution in [-0.2, 0) is 16.5 Å². The van der Waals surface area contributed by atoms with Gasteiger partial charge in [0.25, 0.3) is 10.1 Å². The average Bonchev–Trinajstić information content (AvgIpc) is 2.16. The number of fused-ring (bicyclic) bond motifs is 1. The Hall–Kier alpha value is -0.870. The van der Waals surface area contributed by atoms with Crippen molar-refractivity contribution in [3.63, 3.8) is 0 Å². The van der Waals surface area contributed by atoms with E-state index in [4.69, 9.17) is 4.55 Å². The van der Waals surface area contributed by atoms with Crippen LogP contribution in [0, 0.1) is 0 Å². The summed E-state index contributed by atoms with van der Waals surface area (Å²) in [7, 11) is -3.87. The molecule has 0 bridgehead atoms. The van der Waals surface area contributed by atoms with E-state index in [0.29, 0.717) is 0 Å². The fourth-order valence-electron chi connectivity index (χ4n) is 2.28. The summed E-state index contributed by atoms with van der Waals surface area (Å²) >= 11 is 0. The van der Waals surface area contributed by atoms with Crippen LogP contribution < -0.4 is 0 Å². The first-order valence-electron chi connectivity index (χ1n) is 5.09. The van der Waals surface area contributed by atoms with E-state index in [9.17, 15) is 8.42 Å². The van der Waals surface area contributed by atoms with E-state index < -0.39 is 10.1 Å². The number of hydrogen-bond acceptors (Lipinski definition) is 2. The van der Waals surface area contributed by atoms with Gasteiger partial charge >= 0.3 is 0 Å². The minimum atomic E-state index is -3.87. The van der Waals surface area contributed by atoms with Crippen molar-refractivity contribution in [1.29, 1.82) is 0 Å². The molecule has 1 aromatic rings. The molecule has 0 heterocycles. The molecule has 4 heteroatoms. The molecule has 0 amide bonds. The Labute approximate surface area is 89.9 Å². The lowest BCUT2D eigenvalue weighted by atomic mass is 9.84. The fraction of sp³-hybridized carbons (Fsp3) is 0.455. The summed E-state index contributed by atoms with van der Waals surface area (Å²) in [6.45, 7) is 0. The van der Waals surface area contributed by atoms with Gasteiger partial charge in [0.1, 0.15) is 0 Å². The molecule has 1 atom stereocenters. The highest BCUT2D eigenvalue weighted by atomic mass is 32.2. The van der Waals surface area contributed by atoms with E-state index in [1.165, 1.54) is 5.56 Å². The first kappa shape index (κ1) is 10.6. The Morgan fingerprint density at radius 2 is 2.07 bits per heavy atom. The van der Waals surface area contributed by atoms with E-state index >= 15 is 0 Å². The predicted octanol–water partition coefficient (Wildman–Crippen LogP) is 1.99. The summed E-state index contributed by atoms with van der Waals surface area (Å²) in [4.78, 5) is 0. The van der Waals surface area contributed by atoms with E-state index in [1.807, 2.05) is 24.3 Å². The summed E-state index contributed by atoms with van der Waals surface area (Å²) in [6.07, 6.45) is 2.85. The smallest absolute Gasteiger partial charge is 0.265 e. The van der Waals surface area contributed by atoms with Crippen molar-refractivity contribution in [2.45, 2.75) is 25.2 Å². The Morgan fingerprint density at radius 3 is 2.80 bits per heavy atom. The zero-order valence-corrected chi connectivity index (χ0v) is 9.20. The first-order chi connectivity index (χ1) is 7.06. The number of aryl methyl sites for hydroxylation is 1. The van der Waals surface area contributed by atoms with Gasteiger partial charge < -0.3 is 0 Å². The van der Waals surface area contributed by atoms with Crippen molar-refractivity contribution in [2.24, 2.45) is 0 Å². The van der Waals surface area contributed by atoms with E-state index in [0.717, 1.165) is 24.8 Å². The number of benzene rings is 1. The third-order valence-electron chi connectivity index (χ3n) is 2.91. The van der Waals surface area contributed by atoms with Crippen molar-refractivity contribution >= 4 is 10.1 Å². The summed E-state index contributed by atoms with van der Waals surface area (Å²) < 4.78 is 30.6. The van der Waals surface area contributed by atoms with Gasteiger partial charge in [0.2, 0.25) is 0 Å².